The Morgan fingerprint density at radius 3 is 2.68 bits per heavy atom. The Hall–Kier alpha value is -2.12. The summed E-state index contributed by atoms with van der Waals surface area (Å²) in [5.74, 6) is 0.224. The largest absolute Gasteiger partial charge is 0.304 e. The van der Waals surface area contributed by atoms with Crippen LogP contribution in [0, 0.1) is 6.92 Å². The van der Waals surface area contributed by atoms with Crippen molar-refractivity contribution in [1.82, 2.24) is 19.6 Å². The number of amides is 1. The van der Waals surface area contributed by atoms with E-state index in [1.165, 1.54) is 0 Å². The van der Waals surface area contributed by atoms with Gasteiger partial charge >= 0.3 is 0 Å². The molecule has 0 aliphatic rings. The molecule has 0 radical (unpaired) electrons. The van der Waals surface area contributed by atoms with Crippen LogP contribution in [0.15, 0.2) is 41.1 Å². The third-order valence-electron chi connectivity index (χ3n) is 3.75. The van der Waals surface area contributed by atoms with Crippen LogP contribution in [-0.4, -0.2) is 25.5 Å². The summed E-state index contributed by atoms with van der Waals surface area (Å²) >= 11 is 9.62. The topological polar surface area (TPSA) is 64.7 Å². The van der Waals surface area contributed by atoms with Crippen molar-refractivity contribution in [3.8, 4) is 0 Å². The van der Waals surface area contributed by atoms with Gasteiger partial charge in [-0.05, 0) is 41.4 Å². The minimum Gasteiger partial charge on any atom is -0.304 e. The lowest BCUT2D eigenvalue weighted by molar-refractivity contribution is 0.102. The molecule has 130 valence electrons. The maximum absolute atomic E-state index is 12.5. The van der Waals surface area contributed by atoms with Crippen LogP contribution in [0.1, 0.15) is 28.5 Å². The first-order valence-corrected chi connectivity index (χ1v) is 8.96. The van der Waals surface area contributed by atoms with Gasteiger partial charge in [0.25, 0.3) is 5.91 Å². The van der Waals surface area contributed by atoms with Crippen molar-refractivity contribution in [2.75, 3.05) is 5.32 Å². The highest BCUT2D eigenvalue weighted by Gasteiger charge is 2.16. The van der Waals surface area contributed by atoms with Crippen molar-refractivity contribution in [1.29, 1.82) is 0 Å². The third-order valence-corrected chi connectivity index (χ3v) is 4.70. The Balaban J connectivity index is 1.77. The number of carbonyl (C=O) groups is 1. The van der Waals surface area contributed by atoms with E-state index >= 15 is 0 Å². The van der Waals surface area contributed by atoms with Crippen LogP contribution in [0.3, 0.4) is 0 Å². The molecule has 25 heavy (non-hydrogen) atoms. The second-order valence-corrected chi connectivity index (χ2v) is 6.81. The maximum atomic E-state index is 12.5. The van der Waals surface area contributed by atoms with Gasteiger partial charge in [-0.25, -0.2) is 0 Å². The molecule has 1 aromatic carbocycles. The zero-order valence-corrected chi connectivity index (χ0v) is 16.2. The van der Waals surface area contributed by atoms with E-state index in [0.717, 1.165) is 5.56 Å². The summed E-state index contributed by atoms with van der Waals surface area (Å²) in [7, 11) is 0. The Kier molecular flexibility index (Phi) is 5.24. The van der Waals surface area contributed by atoms with Gasteiger partial charge in [-0.1, -0.05) is 29.8 Å². The summed E-state index contributed by atoms with van der Waals surface area (Å²) in [6.07, 6.45) is 3.54. The third kappa shape index (κ3) is 3.93. The molecule has 0 aliphatic heterocycles. The van der Waals surface area contributed by atoms with Gasteiger partial charge in [-0.2, -0.15) is 10.2 Å². The summed E-state index contributed by atoms with van der Waals surface area (Å²) in [5, 5.41) is 12.2. The smallest absolute Gasteiger partial charge is 0.260 e. The molecule has 2 heterocycles. The Bertz CT molecular complexity index is 918. The summed E-state index contributed by atoms with van der Waals surface area (Å²) in [6.45, 7) is 5.01. The Morgan fingerprint density at radius 2 is 2.00 bits per heavy atom. The molecular formula is C17H17BrClN5O. The molecule has 0 atom stereocenters. The van der Waals surface area contributed by atoms with Gasteiger partial charge in [-0.15, -0.1) is 0 Å². The summed E-state index contributed by atoms with van der Waals surface area (Å²) in [4.78, 5) is 12.5. The van der Waals surface area contributed by atoms with Gasteiger partial charge in [0.05, 0.1) is 22.3 Å². The molecule has 2 aromatic heterocycles. The van der Waals surface area contributed by atoms with Crippen LogP contribution in [0.2, 0.25) is 5.02 Å². The minimum absolute atomic E-state index is 0.235. The fraction of sp³-hybridized carbons (Fsp3) is 0.235. The molecule has 0 bridgehead atoms. The van der Waals surface area contributed by atoms with Crippen LogP contribution in [-0.2, 0) is 13.1 Å². The van der Waals surface area contributed by atoms with Crippen LogP contribution < -0.4 is 5.32 Å². The highest BCUT2D eigenvalue weighted by Crippen LogP contribution is 2.23. The first-order valence-electron chi connectivity index (χ1n) is 7.79. The van der Waals surface area contributed by atoms with Crippen LogP contribution in [0.25, 0.3) is 0 Å². The molecule has 0 spiro atoms. The molecule has 3 rings (SSSR count). The van der Waals surface area contributed by atoms with E-state index in [2.05, 4.69) is 31.4 Å². The number of anilines is 1. The van der Waals surface area contributed by atoms with Gasteiger partial charge in [0.2, 0.25) is 0 Å². The number of hydrogen-bond donors (Lipinski definition) is 1. The maximum Gasteiger partial charge on any atom is 0.260 e. The number of carbonyl (C=O) groups excluding carboxylic acids is 1. The van der Waals surface area contributed by atoms with Crippen LogP contribution in [0.4, 0.5) is 5.82 Å². The summed E-state index contributed by atoms with van der Waals surface area (Å²) in [5.41, 5.74) is 2.18. The second kappa shape index (κ2) is 7.41. The number of benzene rings is 1. The molecule has 8 heteroatoms. The van der Waals surface area contributed by atoms with Gasteiger partial charge in [0.1, 0.15) is 0 Å². The van der Waals surface area contributed by atoms with Crippen molar-refractivity contribution in [3.05, 3.63) is 63.0 Å². The van der Waals surface area contributed by atoms with E-state index in [0.29, 0.717) is 39.7 Å². The van der Waals surface area contributed by atoms with Gasteiger partial charge in [0, 0.05) is 24.0 Å². The predicted molar refractivity (Wildman–Crippen MR) is 101 cm³/mol. The molecule has 1 N–H and O–H groups in total. The molecule has 3 aromatic rings. The predicted octanol–water partition coefficient (Wildman–Crippen LogP) is 4.12. The zero-order chi connectivity index (χ0) is 18.0. The van der Waals surface area contributed by atoms with Gasteiger partial charge in [-0.3, -0.25) is 14.2 Å². The van der Waals surface area contributed by atoms with Crippen LogP contribution >= 0.6 is 27.5 Å². The molecule has 0 saturated carbocycles. The molecule has 0 aliphatic carbocycles. The number of hydrogen-bond acceptors (Lipinski definition) is 3. The standard InChI is InChI=1S/C17H17BrClN5O/c1-3-23-9-13(11(2)21-23)17(25)20-16-14(18)10-24(22-16)8-12-6-4-5-7-15(12)19/h4-7,9-10H,3,8H2,1-2H3,(H,20,22,25). The van der Waals surface area contributed by atoms with Gasteiger partial charge < -0.3 is 5.32 Å². The Labute approximate surface area is 158 Å². The molecule has 0 fully saturated rings. The number of nitrogens with zero attached hydrogens (tertiary/aromatic N) is 4. The zero-order valence-electron chi connectivity index (χ0n) is 13.8. The molecule has 1 amide bonds. The lowest BCUT2D eigenvalue weighted by atomic mass is 10.2. The monoisotopic (exact) mass is 421 g/mol. The fourth-order valence-corrected chi connectivity index (χ4v) is 3.05. The van der Waals surface area contributed by atoms with E-state index in [1.54, 1.807) is 21.8 Å². The number of nitrogens with one attached hydrogen (secondary N) is 1. The Morgan fingerprint density at radius 1 is 1.24 bits per heavy atom. The lowest BCUT2D eigenvalue weighted by Crippen LogP contribution is -2.13. The first kappa shape index (κ1) is 17.7. The molecule has 0 unspecified atom stereocenters. The van der Waals surface area contributed by atoms with Crippen molar-refractivity contribution < 1.29 is 4.79 Å². The number of rotatable bonds is 5. The first-order chi connectivity index (χ1) is 12.0. The minimum atomic E-state index is -0.235. The molecule has 6 nitrogen and oxygen atoms in total. The number of aromatic nitrogens is 4. The summed E-state index contributed by atoms with van der Waals surface area (Å²) in [6, 6.07) is 7.59. The number of halogens is 2. The van der Waals surface area contributed by atoms with E-state index < -0.39 is 0 Å². The van der Waals surface area contributed by atoms with Crippen molar-refractivity contribution in [2.24, 2.45) is 0 Å². The van der Waals surface area contributed by atoms with E-state index in [4.69, 9.17) is 11.6 Å². The van der Waals surface area contributed by atoms with Crippen molar-refractivity contribution >= 4 is 39.3 Å². The highest BCUT2D eigenvalue weighted by atomic mass is 79.9. The number of aryl methyl sites for hydroxylation is 2. The van der Waals surface area contributed by atoms with Crippen LogP contribution in [0.5, 0.6) is 0 Å². The summed E-state index contributed by atoms with van der Waals surface area (Å²) < 4.78 is 4.16. The van der Waals surface area contributed by atoms with E-state index in [-0.39, 0.29) is 5.91 Å². The average Bonchev–Trinajstić information content (AvgIpc) is 3.12. The van der Waals surface area contributed by atoms with E-state index in [1.807, 2.05) is 38.1 Å². The highest BCUT2D eigenvalue weighted by molar-refractivity contribution is 9.10. The lowest BCUT2D eigenvalue weighted by Gasteiger charge is -2.04. The average molecular weight is 423 g/mol. The van der Waals surface area contributed by atoms with Crippen molar-refractivity contribution in [3.63, 3.8) is 0 Å². The fourth-order valence-electron chi connectivity index (χ4n) is 2.44. The second-order valence-electron chi connectivity index (χ2n) is 5.55. The molecule has 0 saturated heterocycles. The van der Waals surface area contributed by atoms with Crippen molar-refractivity contribution in [2.45, 2.75) is 26.9 Å². The normalized spacial score (nSPS) is 10.9. The van der Waals surface area contributed by atoms with E-state index in [9.17, 15) is 4.79 Å². The SMILES string of the molecule is CCn1cc(C(=O)Nc2nn(Cc3ccccc3Cl)cc2Br)c(C)n1. The van der Waals surface area contributed by atoms with Gasteiger partial charge in [0.15, 0.2) is 5.82 Å². The molecular weight excluding hydrogens is 406 g/mol. The quantitative estimate of drug-likeness (QED) is 0.672.